The Kier molecular flexibility index (Phi) is 4.16. The molecule has 0 aliphatic carbocycles. The molecule has 2 rings (SSSR count). The van der Waals surface area contributed by atoms with Gasteiger partial charge in [-0.2, -0.15) is 0 Å². The summed E-state index contributed by atoms with van der Waals surface area (Å²) in [6, 6.07) is 0. The Balaban J connectivity index is 2.07. The van der Waals surface area contributed by atoms with Crippen LogP contribution in [0, 0.1) is 5.92 Å². The van der Waals surface area contributed by atoms with Crippen LogP contribution >= 0.6 is 22.6 Å². The van der Waals surface area contributed by atoms with Crippen molar-refractivity contribution in [2.45, 2.75) is 68.7 Å². The summed E-state index contributed by atoms with van der Waals surface area (Å²) in [4.78, 5) is 0. The van der Waals surface area contributed by atoms with E-state index in [0.717, 1.165) is 12.8 Å². The van der Waals surface area contributed by atoms with E-state index in [1.54, 1.807) is 0 Å². The number of allylic oxidation sites excluding steroid dienone is 1. The normalized spacial score (nSPS) is 42.6. The smallest absolute Gasteiger partial charge is 0.0935 e. The van der Waals surface area contributed by atoms with Crippen molar-refractivity contribution in [2.24, 2.45) is 5.92 Å². The third kappa shape index (κ3) is 2.38. The van der Waals surface area contributed by atoms with Gasteiger partial charge in [0.25, 0.3) is 0 Å². The van der Waals surface area contributed by atoms with E-state index in [4.69, 9.17) is 9.47 Å². The number of halogens is 1. The highest BCUT2D eigenvalue weighted by Gasteiger charge is 2.64. The van der Waals surface area contributed by atoms with Gasteiger partial charge in [0, 0.05) is 10.3 Å². The molecule has 0 aromatic carbocycles. The lowest BCUT2D eigenvalue weighted by atomic mass is 9.75. The predicted molar refractivity (Wildman–Crippen MR) is 83.3 cm³/mol. The van der Waals surface area contributed by atoms with Gasteiger partial charge in [-0.15, -0.1) is 0 Å². The average Bonchev–Trinajstić information content (AvgIpc) is 2.66. The number of alkyl halides is 1. The summed E-state index contributed by atoms with van der Waals surface area (Å²) in [6.45, 7) is 11.7. The first-order chi connectivity index (χ1) is 8.30. The minimum Gasteiger partial charge on any atom is -0.371 e. The molecule has 0 aromatic heterocycles. The first-order valence-electron chi connectivity index (χ1n) is 6.89. The molecule has 2 nitrogen and oxygen atoms in total. The fourth-order valence-corrected chi connectivity index (χ4v) is 5.20. The van der Waals surface area contributed by atoms with Crippen LogP contribution in [0.3, 0.4) is 0 Å². The molecule has 0 unspecified atom stereocenters. The molecule has 18 heavy (non-hydrogen) atoms. The zero-order valence-corrected chi connectivity index (χ0v) is 14.3. The Morgan fingerprint density at radius 1 is 1.44 bits per heavy atom. The van der Waals surface area contributed by atoms with Crippen LogP contribution in [0.25, 0.3) is 0 Å². The number of ether oxygens (including phenoxy) is 2. The van der Waals surface area contributed by atoms with E-state index in [1.807, 2.05) is 0 Å². The van der Waals surface area contributed by atoms with Crippen molar-refractivity contribution < 1.29 is 9.47 Å². The molecule has 0 N–H and O–H groups in total. The number of hydrogen-bond acceptors (Lipinski definition) is 2. The highest BCUT2D eigenvalue weighted by Crippen LogP contribution is 2.57. The van der Waals surface area contributed by atoms with E-state index in [1.165, 1.54) is 5.57 Å². The van der Waals surface area contributed by atoms with Crippen LogP contribution in [0.4, 0.5) is 0 Å². The molecule has 2 bridgehead atoms. The predicted octanol–water partition coefficient (Wildman–Crippen LogP) is 4.12. The van der Waals surface area contributed by atoms with Crippen molar-refractivity contribution >= 4 is 22.6 Å². The van der Waals surface area contributed by atoms with Crippen LogP contribution in [-0.2, 0) is 9.47 Å². The number of fused-ring (bicyclic) bond motifs is 2. The summed E-state index contributed by atoms with van der Waals surface area (Å²) in [5.41, 5.74) is 1.27. The van der Waals surface area contributed by atoms with Gasteiger partial charge in [-0.3, -0.25) is 0 Å². The highest BCUT2D eigenvalue weighted by molar-refractivity contribution is 14.1. The zero-order chi connectivity index (χ0) is 13.6. The van der Waals surface area contributed by atoms with E-state index in [2.05, 4.69) is 63.3 Å². The second-order valence-corrected chi connectivity index (χ2v) is 8.01. The summed E-state index contributed by atoms with van der Waals surface area (Å²) in [5, 5.41) is 0. The van der Waals surface area contributed by atoms with Gasteiger partial charge < -0.3 is 9.47 Å². The van der Waals surface area contributed by atoms with Crippen molar-refractivity contribution in [3.8, 4) is 0 Å². The Bertz CT molecular complexity index is 348. The minimum absolute atomic E-state index is 0.0327. The second kappa shape index (κ2) is 5.06. The molecular weight excluding hydrogens is 339 g/mol. The van der Waals surface area contributed by atoms with Gasteiger partial charge in [0.05, 0.1) is 23.9 Å². The quantitative estimate of drug-likeness (QED) is 0.425. The largest absolute Gasteiger partial charge is 0.371 e. The number of rotatable bonds is 4. The molecule has 0 amide bonds. The van der Waals surface area contributed by atoms with E-state index in [0.29, 0.717) is 16.4 Å². The topological polar surface area (TPSA) is 18.5 Å². The summed E-state index contributed by atoms with van der Waals surface area (Å²) < 4.78 is 13.1. The van der Waals surface area contributed by atoms with Gasteiger partial charge >= 0.3 is 0 Å². The monoisotopic (exact) mass is 364 g/mol. The maximum atomic E-state index is 6.44. The lowest BCUT2D eigenvalue weighted by Gasteiger charge is -2.35. The highest BCUT2D eigenvalue weighted by atomic mass is 127. The van der Waals surface area contributed by atoms with Crippen LogP contribution in [0.2, 0.25) is 0 Å². The van der Waals surface area contributed by atoms with Crippen LogP contribution in [0.15, 0.2) is 11.6 Å². The minimum atomic E-state index is -0.0778. The van der Waals surface area contributed by atoms with E-state index in [9.17, 15) is 0 Å². The third-order valence-electron chi connectivity index (χ3n) is 4.49. The van der Waals surface area contributed by atoms with Crippen molar-refractivity contribution in [1.82, 2.24) is 0 Å². The summed E-state index contributed by atoms with van der Waals surface area (Å²) in [7, 11) is 0. The van der Waals surface area contributed by atoms with E-state index >= 15 is 0 Å². The second-order valence-electron chi connectivity index (χ2n) is 6.50. The lowest BCUT2D eigenvalue weighted by Crippen LogP contribution is -2.44. The fraction of sp³-hybridized carbons (Fsp3) is 0.867. The van der Waals surface area contributed by atoms with Crippen molar-refractivity contribution in [1.29, 1.82) is 0 Å². The Morgan fingerprint density at radius 2 is 2.11 bits per heavy atom. The van der Waals surface area contributed by atoms with Gasteiger partial charge in [-0.25, -0.2) is 0 Å². The standard InChI is InChI=1S/C15H25IO2/c1-10(2)6-7-17-13-9-15(11(3)4)12(16)8-14(13,5)18-15/h6,11-13H,7-9H2,1-5H3/t12-,13+,14-,15+/m0/s1. The van der Waals surface area contributed by atoms with Gasteiger partial charge in [-0.1, -0.05) is 48.1 Å². The van der Waals surface area contributed by atoms with Gasteiger partial charge in [-0.05, 0) is 33.1 Å². The number of hydrogen-bond donors (Lipinski definition) is 0. The molecule has 2 aliphatic heterocycles. The molecule has 3 heteroatoms. The summed E-state index contributed by atoms with van der Waals surface area (Å²) in [5.74, 6) is 0.554. The molecule has 2 heterocycles. The SMILES string of the molecule is CC(C)=CCO[C@@H]1C[C@]2(C(C)C)O[C@@]1(C)C[C@@H]2I. The van der Waals surface area contributed by atoms with Crippen LogP contribution in [0.1, 0.15) is 47.5 Å². The van der Waals surface area contributed by atoms with Crippen molar-refractivity contribution in [2.75, 3.05) is 6.61 Å². The Hall–Kier alpha value is 0.390. The van der Waals surface area contributed by atoms with Gasteiger partial charge in [0.1, 0.15) is 0 Å². The molecule has 0 saturated carbocycles. The van der Waals surface area contributed by atoms with E-state index in [-0.39, 0.29) is 17.3 Å². The van der Waals surface area contributed by atoms with Crippen molar-refractivity contribution in [3.05, 3.63) is 11.6 Å². The Labute approximate surface area is 125 Å². The Morgan fingerprint density at radius 3 is 2.61 bits per heavy atom. The van der Waals surface area contributed by atoms with E-state index < -0.39 is 0 Å². The van der Waals surface area contributed by atoms with Gasteiger partial charge in [0.15, 0.2) is 0 Å². The maximum absolute atomic E-state index is 6.44. The maximum Gasteiger partial charge on any atom is 0.0935 e. The lowest BCUT2D eigenvalue weighted by molar-refractivity contribution is -0.0890. The molecule has 2 aliphatic rings. The van der Waals surface area contributed by atoms with Crippen LogP contribution in [-0.4, -0.2) is 27.8 Å². The molecular formula is C15H25IO2. The van der Waals surface area contributed by atoms with Crippen LogP contribution in [0.5, 0.6) is 0 Å². The average molecular weight is 364 g/mol. The summed E-state index contributed by atoms with van der Waals surface area (Å²) in [6.07, 6.45) is 4.57. The van der Waals surface area contributed by atoms with Crippen molar-refractivity contribution in [3.63, 3.8) is 0 Å². The molecule has 2 fully saturated rings. The molecule has 104 valence electrons. The molecule has 4 atom stereocenters. The van der Waals surface area contributed by atoms with Crippen LogP contribution < -0.4 is 0 Å². The zero-order valence-electron chi connectivity index (χ0n) is 12.1. The first-order valence-corrected chi connectivity index (χ1v) is 8.14. The molecule has 0 spiro atoms. The summed E-state index contributed by atoms with van der Waals surface area (Å²) >= 11 is 2.57. The van der Waals surface area contributed by atoms with Gasteiger partial charge in [0.2, 0.25) is 0 Å². The molecule has 0 radical (unpaired) electrons. The fourth-order valence-electron chi connectivity index (χ4n) is 3.22. The third-order valence-corrected chi connectivity index (χ3v) is 5.98. The first kappa shape index (κ1) is 14.8. The molecule has 2 saturated heterocycles. The molecule has 0 aromatic rings.